The normalized spacial score (nSPS) is 15.1. The number of thiazole rings is 1. The highest BCUT2D eigenvalue weighted by atomic mass is 35.5. The molecule has 1 N–H and O–H groups in total. The second-order valence-corrected chi connectivity index (χ2v) is 9.94. The molecule has 0 saturated heterocycles. The van der Waals surface area contributed by atoms with Gasteiger partial charge in [0.25, 0.3) is 0 Å². The van der Waals surface area contributed by atoms with E-state index in [0.29, 0.717) is 34.8 Å². The van der Waals surface area contributed by atoms with E-state index in [2.05, 4.69) is 41.7 Å². The molecule has 0 aliphatic heterocycles. The van der Waals surface area contributed by atoms with Gasteiger partial charge in [-0.05, 0) is 36.5 Å². The molecule has 0 unspecified atom stereocenters. The van der Waals surface area contributed by atoms with E-state index in [1.807, 2.05) is 16.8 Å². The smallest absolute Gasteiger partial charge is 0.204 e. The van der Waals surface area contributed by atoms with E-state index in [1.54, 1.807) is 24.5 Å². The van der Waals surface area contributed by atoms with Gasteiger partial charge in [0.15, 0.2) is 0 Å². The zero-order valence-electron chi connectivity index (χ0n) is 18.8. The molecule has 1 aromatic heterocycles. The van der Waals surface area contributed by atoms with E-state index in [1.165, 1.54) is 37.7 Å². The van der Waals surface area contributed by atoms with Crippen LogP contribution in [0.25, 0.3) is 17.0 Å². The number of halogens is 2. The third-order valence-corrected chi connectivity index (χ3v) is 7.65. The third-order valence-electron chi connectivity index (χ3n) is 6.05. The second kappa shape index (κ2) is 11.4. The van der Waals surface area contributed by atoms with Gasteiger partial charge in [0.1, 0.15) is 0 Å². The zero-order chi connectivity index (χ0) is 23.2. The van der Waals surface area contributed by atoms with Crippen molar-refractivity contribution in [1.29, 1.82) is 0 Å². The molecule has 2 aromatic carbocycles. The number of hydrogen-bond acceptors (Lipinski definition) is 4. The first-order valence-electron chi connectivity index (χ1n) is 11.3. The standard InChI is InChI=1S/C26H29Cl2N3OS/c1-18(22-12-13-23(27)24(28)16-22)30-31-25(17-33-26(31)29-14-15-32-2)21-10-8-20(9-11-21)19-6-4-3-5-7-19/h8-13,16-17,19,30H,1,3-7,14-15H2,2H3. The lowest BCUT2D eigenvalue weighted by atomic mass is 9.84. The molecule has 174 valence electrons. The molecule has 1 fully saturated rings. The first-order chi connectivity index (χ1) is 16.1. The van der Waals surface area contributed by atoms with E-state index < -0.39 is 0 Å². The molecule has 0 spiro atoms. The molecule has 7 heteroatoms. The van der Waals surface area contributed by atoms with Crippen LogP contribution in [0.3, 0.4) is 0 Å². The largest absolute Gasteiger partial charge is 0.383 e. The summed E-state index contributed by atoms with van der Waals surface area (Å²) in [4.78, 5) is 5.56. The summed E-state index contributed by atoms with van der Waals surface area (Å²) in [6.07, 6.45) is 6.64. The number of rotatable bonds is 8. The van der Waals surface area contributed by atoms with Gasteiger partial charge in [-0.1, -0.05) is 79.4 Å². The summed E-state index contributed by atoms with van der Waals surface area (Å²) in [5.74, 6) is 0.689. The molecule has 1 saturated carbocycles. The van der Waals surface area contributed by atoms with E-state index in [4.69, 9.17) is 32.9 Å². The van der Waals surface area contributed by atoms with Crippen LogP contribution >= 0.6 is 34.5 Å². The van der Waals surface area contributed by atoms with Crippen molar-refractivity contribution in [3.8, 4) is 11.3 Å². The Morgan fingerprint density at radius 1 is 1.12 bits per heavy atom. The number of methoxy groups -OCH3 is 1. The Morgan fingerprint density at radius 3 is 2.58 bits per heavy atom. The summed E-state index contributed by atoms with van der Waals surface area (Å²) < 4.78 is 7.16. The highest BCUT2D eigenvalue weighted by molar-refractivity contribution is 7.07. The maximum atomic E-state index is 6.22. The van der Waals surface area contributed by atoms with Crippen molar-refractivity contribution in [2.75, 3.05) is 25.7 Å². The van der Waals surface area contributed by atoms with Gasteiger partial charge in [-0.15, -0.1) is 11.3 Å². The van der Waals surface area contributed by atoms with E-state index in [0.717, 1.165) is 21.6 Å². The van der Waals surface area contributed by atoms with Crippen LogP contribution in [0.15, 0.2) is 59.4 Å². The number of hydrogen-bond donors (Lipinski definition) is 1. The van der Waals surface area contributed by atoms with Gasteiger partial charge in [-0.2, -0.15) is 0 Å². The average Bonchev–Trinajstić information content (AvgIpc) is 3.24. The molecule has 0 bridgehead atoms. The molecule has 4 nitrogen and oxygen atoms in total. The summed E-state index contributed by atoms with van der Waals surface area (Å²) in [6.45, 7) is 5.37. The van der Waals surface area contributed by atoms with Crippen LogP contribution in [-0.2, 0) is 4.74 Å². The Balaban J connectivity index is 1.64. The second-order valence-electron chi connectivity index (χ2n) is 8.29. The zero-order valence-corrected chi connectivity index (χ0v) is 21.1. The average molecular weight is 503 g/mol. The lowest BCUT2D eigenvalue weighted by Gasteiger charge is -2.22. The van der Waals surface area contributed by atoms with Crippen molar-refractivity contribution in [3.63, 3.8) is 0 Å². The fourth-order valence-electron chi connectivity index (χ4n) is 4.21. The van der Waals surface area contributed by atoms with Gasteiger partial charge < -0.3 is 4.74 Å². The summed E-state index contributed by atoms with van der Waals surface area (Å²) in [7, 11) is 1.68. The molecule has 1 aliphatic rings. The molecular weight excluding hydrogens is 473 g/mol. The predicted molar refractivity (Wildman–Crippen MR) is 141 cm³/mol. The number of nitrogens with one attached hydrogen (secondary N) is 1. The summed E-state index contributed by atoms with van der Waals surface area (Å²) in [5, 5.41) is 3.14. The van der Waals surface area contributed by atoms with Crippen LogP contribution in [0.5, 0.6) is 0 Å². The predicted octanol–water partition coefficient (Wildman–Crippen LogP) is 7.33. The van der Waals surface area contributed by atoms with Gasteiger partial charge in [0.05, 0.1) is 34.6 Å². The first kappa shape index (κ1) is 24.1. The van der Waals surface area contributed by atoms with Gasteiger partial charge in [0, 0.05) is 23.6 Å². The van der Waals surface area contributed by atoms with Crippen LogP contribution < -0.4 is 10.2 Å². The molecule has 1 aliphatic carbocycles. The SMILES string of the molecule is C=C(Nn1c(-c2ccc(C3CCCCC3)cc2)csc1=NCCOC)c1ccc(Cl)c(Cl)c1. The quantitative estimate of drug-likeness (QED) is 0.328. The fraction of sp³-hybridized carbons (Fsp3) is 0.346. The van der Waals surface area contributed by atoms with Crippen molar-refractivity contribution < 1.29 is 4.74 Å². The maximum Gasteiger partial charge on any atom is 0.204 e. The minimum Gasteiger partial charge on any atom is -0.383 e. The molecule has 0 atom stereocenters. The monoisotopic (exact) mass is 501 g/mol. The van der Waals surface area contributed by atoms with Crippen LogP contribution in [0, 0.1) is 0 Å². The van der Waals surface area contributed by atoms with Gasteiger partial charge >= 0.3 is 0 Å². The minimum absolute atomic E-state index is 0.496. The number of benzene rings is 2. The van der Waals surface area contributed by atoms with E-state index in [-0.39, 0.29) is 0 Å². The minimum atomic E-state index is 0.496. The van der Waals surface area contributed by atoms with Crippen LogP contribution in [0.4, 0.5) is 0 Å². The Labute approximate surface area is 209 Å². The summed E-state index contributed by atoms with van der Waals surface area (Å²) in [6, 6.07) is 14.5. The molecule has 0 amide bonds. The molecule has 33 heavy (non-hydrogen) atoms. The molecule has 4 rings (SSSR count). The van der Waals surface area contributed by atoms with Crippen LogP contribution in [0.2, 0.25) is 10.0 Å². The number of ether oxygens (including phenoxy) is 1. The van der Waals surface area contributed by atoms with Crippen molar-refractivity contribution in [2.45, 2.75) is 38.0 Å². The van der Waals surface area contributed by atoms with Crippen LogP contribution in [0.1, 0.15) is 49.1 Å². The first-order valence-corrected chi connectivity index (χ1v) is 12.9. The Hall–Kier alpha value is -2.05. The lowest BCUT2D eigenvalue weighted by molar-refractivity contribution is 0.207. The molecule has 1 heterocycles. The summed E-state index contributed by atoms with van der Waals surface area (Å²) >= 11 is 13.9. The number of aromatic nitrogens is 1. The highest BCUT2D eigenvalue weighted by Gasteiger charge is 2.16. The topological polar surface area (TPSA) is 38.5 Å². The molecule has 0 radical (unpaired) electrons. The Kier molecular flexibility index (Phi) is 8.31. The van der Waals surface area contributed by atoms with Gasteiger partial charge in [0.2, 0.25) is 4.80 Å². The van der Waals surface area contributed by atoms with Crippen LogP contribution in [-0.4, -0.2) is 24.9 Å². The Bertz CT molecular complexity index is 1160. The molecular formula is C26H29Cl2N3OS. The van der Waals surface area contributed by atoms with E-state index in [9.17, 15) is 0 Å². The highest BCUT2D eigenvalue weighted by Crippen LogP contribution is 2.33. The van der Waals surface area contributed by atoms with E-state index >= 15 is 0 Å². The maximum absolute atomic E-state index is 6.22. The lowest BCUT2D eigenvalue weighted by Crippen LogP contribution is -2.26. The van der Waals surface area contributed by atoms with Crippen molar-refractivity contribution in [3.05, 3.63) is 80.4 Å². The fourth-order valence-corrected chi connectivity index (χ4v) is 5.38. The van der Waals surface area contributed by atoms with Gasteiger partial charge in [-0.3, -0.25) is 10.4 Å². The summed E-state index contributed by atoms with van der Waals surface area (Å²) in [5.41, 5.74) is 8.61. The van der Waals surface area contributed by atoms with Crippen molar-refractivity contribution in [1.82, 2.24) is 4.68 Å². The van der Waals surface area contributed by atoms with Crippen molar-refractivity contribution in [2.24, 2.45) is 4.99 Å². The Morgan fingerprint density at radius 2 is 1.88 bits per heavy atom. The van der Waals surface area contributed by atoms with Crippen molar-refractivity contribution >= 4 is 40.2 Å². The molecule has 3 aromatic rings. The van der Waals surface area contributed by atoms with Gasteiger partial charge in [-0.25, -0.2) is 4.68 Å². The number of nitrogens with zero attached hydrogens (tertiary/aromatic N) is 2. The third kappa shape index (κ3) is 5.90.